The summed E-state index contributed by atoms with van der Waals surface area (Å²) in [7, 11) is 1.88. The molecule has 3 aromatic heterocycles. The van der Waals surface area contributed by atoms with Crippen molar-refractivity contribution in [1.29, 1.82) is 0 Å². The van der Waals surface area contributed by atoms with Crippen LogP contribution in [0.25, 0.3) is 10.8 Å². The fourth-order valence-corrected chi connectivity index (χ4v) is 2.95. The lowest BCUT2D eigenvalue weighted by molar-refractivity contribution is 0.0935. The Labute approximate surface area is 131 Å². The van der Waals surface area contributed by atoms with Crippen LogP contribution in [0.3, 0.4) is 0 Å². The van der Waals surface area contributed by atoms with E-state index in [0.717, 1.165) is 11.3 Å². The highest BCUT2D eigenvalue weighted by Gasteiger charge is 2.18. The Bertz CT molecular complexity index is 788. The standard InChI is InChI=1S/C15H16N4O2S/c1-9(11-7-16-19(3)10(11)2)17-14(20)12-8-22-15(18-12)13-5-4-6-21-13/h4-9H,1-3H3,(H,17,20). The average molecular weight is 316 g/mol. The molecule has 1 atom stereocenters. The van der Waals surface area contributed by atoms with E-state index in [4.69, 9.17) is 4.42 Å². The molecule has 3 rings (SSSR count). The summed E-state index contributed by atoms with van der Waals surface area (Å²) in [6, 6.07) is 3.49. The van der Waals surface area contributed by atoms with E-state index in [-0.39, 0.29) is 11.9 Å². The molecule has 0 aromatic carbocycles. The van der Waals surface area contributed by atoms with Crippen LogP contribution >= 0.6 is 11.3 Å². The van der Waals surface area contributed by atoms with E-state index < -0.39 is 0 Å². The number of hydrogen-bond acceptors (Lipinski definition) is 5. The summed E-state index contributed by atoms with van der Waals surface area (Å²) in [6.45, 7) is 3.91. The molecule has 3 aromatic rings. The van der Waals surface area contributed by atoms with Gasteiger partial charge in [-0.2, -0.15) is 5.10 Å². The summed E-state index contributed by atoms with van der Waals surface area (Å²) in [6.07, 6.45) is 3.36. The average Bonchev–Trinajstić information content (AvgIpc) is 3.21. The third-order valence-electron chi connectivity index (χ3n) is 3.56. The van der Waals surface area contributed by atoms with Gasteiger partial charge in [-0.25, -0.2) is 4.98 Å². The van der Waals surface area contributed by atoms with E-state index in [1.54, 1.807) is 28.6 Å². The smallest absolute Gasteiger partial charge is 0.271 e. The third kappa shape index (κ3) is 2.67. The van der Waals surface area contributed by atoms with Crippen LogP contribution in [0.5, 0.6) is 0 Å². The lowest BCUT2D eigenvalue weighted by Gasteiger charge is -2.12. The van der Waals surface area contributed by atoms with E-state index in [0.29, 0.717) is 16.5 Å². The molecule has 0 aliphatic rings. The first-order chi connectivity index (χ1) is 10.6. The fourth-order valence-electron chi connectivity index (χ4n) is 2.18. The van der Waals surface area contributed by atoms with Gasteiger partial charge in [0.1, 0.15) is 5.69 Å². The molecule has 0 fully saturated rings. The zero-order chi connectivity index (χ0) is 15.7. The zero-order valence-electron chi connectivity index (χ0n) is 12.5. The molecule has 114 valence electrons. The van der Waals surface area contributed by atoms with Crippen LogP contribution in [-0.2, 0) is 7.05 Å². The number of furan rings is 1. The highest BCUT2D eigenvalue weighted by Crippen LogP contribution is 2.24. The summed E-state index contributed by atoms with van der Waals surface area (Å²) in [5, 5.41) is 9.57. The van der Waals surface area contributed by atoms with Crippen LogP contribution in [0.4, 0.5) is 0 Å². The first-order valence-corrected chi connectivity index (χ1v) is 7.73. The van der Waals surface area contributed by atoms with Crippen LogP contribution in [0, 0.1) is 6.92 Å². The highest BCUT2D eigenvalue weighted by molar-refractivity contribution is 7.13. The van der Waals surface area contributed by atoms with Crippen molar-refractivity contribution in [2.45, 2.75) is 19.9 Å². The molecule has 0 saturated carbocycles. The fraction of sp³-hybridized carbons (Fsp3) is 0.267. The van der Waals surface area contributed by atoms with Crippen molar-refractivity contribution >= 4 is 17.2 Å². The first-order valence-electron chi connectivity index (χ1n) is 6.85. The molecule has 0 spiro atoms. The summed E-state index contributed by atoms with van der Waals surface area (Å²) in [5.41, 5.74) is 2.42. The van der Waals surface area contributed by atoms with Crippen LogP contribution in [0.2, 0.25) is 0 Å². The molecule has 1 amide bonds. The maximum atomic E-state index is 12.3. The van der Waals surface area contributed by atoms with Crippen molar-refractivity contribution in [3.8, 4) is 10.8 Å². The molecule has 0 radical (unpaired) electrons. The topological polar surface area (TPSA) is 73.0 Å². The first kappa shape index (κ1) is 14.5. The Kier molecular flexibility index (Phi) is 3.81. The molecule has 3 heterocycles. The van der Waals surface area contributed by atoms with Gasteiger partial charge in [0.25, 0.3) is 5.91 Å². The number of aryl methyl sites for hydroxylation is 1. The van der Waals surface area contributed by atoms with Crippen molar-refractivity contribution in [3.05, 3.63) is 46.9 Å². The monoisotopic (exact) mass is 316 g/mol. The summed E-state index contributed by atoms with van der Waals surface area (Å²) < 4.78 is 7.07. The Hall–Kier alpha value is -2.41. The molecule has 1 N–H and O–H groups in total. The van der Waals surface area contributed by atoms with Gasteiger partial charge in [-0.1, -0.05) is 0 Å². The van der Waals surface area contributed by atoms with Crippen LogP contribution in [0.15, 0.2) is 34.4 Å². The maximum absolute atomic E-state index is 12.3. The van der Waals surface area contributed by atoms with Crippen molar-refractivity contribution < 1.29 is 9.21 Å². The van der Waals surface area contributed by atoms with Gasteiger partial charge < -0.3 is 9.73 Å². The molecule has 7 heteroatoms. The second kappa shape index (κ2) is 5.76. The number of amides is 1. The number of carbonyl (C=O) groups excluding carboxylic acids is 1. The van der Waals surface area contributed by atoms with E-state index in [1.165, 1.54) is 11.3 Å². The van der Waals surface area contributed by atoms with Gasteiger partial charge in [-0.15, -0.1) is 11.3 Å². The van der Waals surface area contributed by atoms with Gasteiger partial charge in [0.2, 0.25) is 0 Å². The molecular weight excluding hydrogens is 300 g/mol. The lowest BCUT2D eigenvalue weighted by Crippen LogP contribution is -2.27. The number of nitrogens with zero attached hydrogens (tertiary/aromatic N) is 3. The Morgan fingerprint density at radius 3 is 2.95 bits per heavy atom. The molecule has 0 bridgehead atoms. The second-order valence-electron chi connectivity index (χ2n) is 5.02. The normalized spacial score (nSPS) is 12.3. The van der Waals surface area contributed by atoms with Crippen molar-refractivity contribution in [1.82, 2.24) is 20.1 Å². The van der Waals surface area contributed by atoms with E-state index in [9.17, 15) is 4.79 Å². The predicted octanol–water partition coefficient (Wildman–Crippen LogP) is 2.94. The van der Waals surface area contributed by atoms with Crippen LogP contribution in [0.1, 0.15) is 34.7 Å². The number of thiazole rings is 1. The highest BCUT2D eigenvalue weighted by atomic mass is 32.1. The van der Waals surface area contributed by atoms with Crippen molar-refractivity contribution in [2.24, 2.45) is 7.05 Å². The Morgan fingerprint density at radius 1 is 1.50 bits per heavy atom. The van der Waals surface area contributed by atoms with Crippen LogP contribution in [-0.4, -0.2) is 20.7 Å². The molecule has 22 heavy (non-hydrogen) atoms. The Balaban J connectivity index is 1.73. The quantitative estimate of drug-likeness (QED) is 0.803. The third-order valence-corrected chi connectivity index (χ3v) is 4.41. The minimum Gasteiger partial charge on any atom is -0.462 e. The predicted molar refractivity (Wildman–Crippen MR) is 83.6 cm³/mol. The number of nitrogens with one attached hydrogen (secondary N) is 1. The van der Waals surface area contributed by atoms with Gasteiger partial charge in [-0.05, 0) is 26.0 Å². The second-order valence-corrected chi connectivity index (χ2v) is 5.88. The molecule has 1 unspecified atom stereocenters. The van der Waals surface area contributed by atoms with Crippen molar-refractivity contribution in [2.75, 3.05) is 0 Å². The molecule has 0 aliphatic heterocycles. The zero-order valence-corrected chi connectivity index (χ0v) is 13.3. The lowest BCUT2D eigenvalue weighted by atomic mass is 10.1. The van der Waals surface area contributed by atoms with Gasteiger partial charge in [0.05, 0.1) is 18.5 Å². The minimum absolute atomic E-state index is 0.130. The largest absolute Gasteiger partial charge is 0.462 e. The van der Waals surface area contributed by atoms with E-state index in [1.807, 2.05) is 27.0 Å². The van der Waals surface area contributed by atoms with Gasteiger partial charge in [0, 0.05) is 23.7 Å². The molecule has 6 nitrogen and oxygen atoms in total. The van der Waals surface area contributed by atoms with E-state index in [2.05, 4.69) is 15.4 Å². The number of carbonyl (C=O) groups is 1. The van der Waals surface area contributed by atoms with Crippen LogP contribution < -0.4 is 5.32 Å². The number of hydrogen-bond donors (Lipinski definition) is 1. The van der Waals surface area contributed by atoms with E-state index >= 15 is 0 Å². The minimum atomic E-state index is -0.204. The number of aromatic nitrogens is 3. The van der Waals surface area contributed by atoms with Gasteiger partial charge >= 0.3 is 0 Å². The SMILES string of the molecule is Cc1c(C(C)NC(=O)c2csc(-c3ccco3)n2)cnn1C. The molecule has 0 aliphatic carbocycles. The maximum Gasteiger partial charge on any atom is 0.271 e. The summed E-state index contributed by atoms with van der Waals surface area (Å²) in [5.74, 6) is 0.463. The summed E-state index contributed by atoms with van der Waals surface area (Å²) in [4.78, 5) is 16.6. The van der Waals surface area contributed by atoms with Crippen molar-refractivity contribution in [3.63, 3.8) is 0 Å². The molecule has 0 saturated heterocycles. The molecular formula is C15H16N4O2S. The Morgan fingerprint density at radius 2 is 2.32 bits per heavy atom. The van der Waals surface area contributed by atoms with Gasteiger partial charge in [0.15, 0.2) is 10.8 Å². The number of rotatable bonds is 4. The van der Waals surface area contributed by atoms with Gasteiger partial charge in [-0.3, -0.25) is 9.48 Å². The summed E-state index contributed by atoms with van der Waals surface area (Å²) >= 11 is 1.38.